The highest BCUT2D eigenvalue weighted by molar-refractivity contribution is 14.1. The van der Waals surface area contributed by atoms with E-state index in [4.69, 9.17) is 10.5 Å². The third-order valence-corrected chi connectivity index (χ3v) is 6.32. The van der Waals surface area contributed by atoms with E-state index in [1.807, 2.05) is 0 Å². The van der Waals surface area contributed by atoms with Crippen LogP contribution in [0.5, 0.6) is 0 Å². The molecule has 0 radical (unpaired) electrons. The molecule has 2 atom stereocenters. The molecule has 5 nitrogen and oxygen atoms in total. The minimum absolute atomic E-state index is 0.0896. The fraction of sp³-hybridized carbons (Fsp3) is 0.538. The van der Waals surface area contributed by atoms with Crippen LogP contribution in [0.1, 0.15) is 12.8 Å². The van der Waals surface area contributed by atoms with Crippen LogP contribution < -0.4 is 5.73 Å². The summed E-state index contributed by atoms with van der Waals surface area (Å²) in [4.78, 5) is 0.326. The fourth-order valence-electron chi connectivity index (χ4n) is 2.48. The lowest BCUT2D eigenvalue weighted by atomic mass is 10.0. The van der Waals surface area contributed by atoms with E-state index in [0.29, 0.717) is 30.8 Å². The number of sulfonamides is 1. The van der Waals surface area contributed by atoms with Crippen LogP contribution in [-0.2, 0) is 14.8 Å². The lowest BCUT2D eigenvalue weighted by molar-refractivity contribution is 0.0401. The first kappa shape index (κ1) is 16.2. The number of benzene rings is 1. The molecule has 2 N–H and O–H groups in total. The van der Waals surface area contributed by atoms with Gasteiger partial charge in [-0.05, 0) is 59.7 Å². The average molecular weight is 410 g/mol. The molecule has 0 amide bonds. The molecular formula is C13H19IN2O3S. The Morgan fingerprint density at radius 2 is 2.05 bits per heavy atom. The zero-order valence-electron chi connectivity index (χ0n) is 11.3. The van der Waals surface area contributed by atoms with Crippen LogP contribution in [0, 0.1) is 3.57 Å². The molecule has 1 heterocycles. The SMILES string of the molecule is COC1CCN(S(=O)(=O)c2ccc(I)cc2)C(CN)C1. The maximum atomic E-state index is 12.7. The van der Waals surface area contributed by atoms with Crippen LogP contribution in [0.3, 0.4) is 0 Å². The second-order valence-corrected chi connectivity index (χ2v) is 7.98. The zero-order valence-corrected chi connectivity index (χ0v) is 14.3. The molecule has 0 aromatic heterocycles. The van der Waals surface area contributed by atoms with Gasteiger partial charge in [-0.3, -0.25) is 0 Å². The second kappa shape index (κ2) is 6.69. The van der Waals surface area contributed by atoms with Crippen molar-refractivity contribution >= 4 is 32.6 Å². The first-order valence-corrected chi connectivity index (χ1v) is 9.01. The van der Waals surface area contributed by atoms with Gasteiger partial charge in [0.1, 0.15) is 0 Å². The van der Waals surface area contributed by atoms with Crippen molar-refractivity contribution in [3.8, 4) is 0 Å². The summed E-state index contributed by atoms with van der Waals surface area (Å²) in [6.07, 6.45) is 1.44. The van der Waals surface area contributed by atoms with Crippen LogP contribution in [0.4, 0.5) is 0 Å². The second-order valence-electron chi connectivity index (χ2n) is 4.84. The van der Waals surface area contributed by atoms with Crippen LogP contribution in [0.15, 0.2) is 29.2 Å². The number of nitrogens with zero attached hydrogens (tertiary/aromatic N) is 1. The smallest absolute Gasteiger partial charge is 0.243 e. The Bertz CT molecular complexity index is 547. The first-order chi connectivity index (χ1) is 9.48. The third kappa shape index (κ3) is 3.33. The Labute approximate surface area is 133 Å². The van der Waals surface area contributed by atoms with Gasteiger partial charge in [-0.25, -0.2) is 8.42 Å². The van der Waals surface area contributed by atoms with Gasteiger partial charge in [0.15, 0.2) is 0 Å². The van der Waals surface area contributed by atoms with Gasteiger partial charge in [0.05, 0.1) is 11.0 Å². The summed E-state index contributed by atoms with van der Waals surface area (Å²) >= 11 is 2.15. The van der Waals surface area contributed by atoms with E-state index < -0.39 is 10.0 Å². The minimum Gasteiger partial charge on any atom is -0.381 e. The number of nitrogens with two attached hydrogens (primary N) is 1. The molecule has 20 heavy (non-hydrogen) atoms. The number of halogens is 1. The standard InChI is InChI=1S/C13H19IN2O3S/c1-19-12-6-7-16(11(8-12)9-15)20(17,18)13-4-2-10(14)3-5-13/h2-5,11-12H,6-9,15H2,1H3. The van der Waals surface area contributed by atoms with Gasteiger partial charge in [-0.2, -0.15) is 4.31 Å². The summed E-state index contributed by atoms with van der Waals surface area (Å²) in [6, 6.07) is 6.69. The molecule has 0 bridgehead atoms. The van der Waals surface area contributed by atoms with Crippen LogP contribution in [0.2, 0.25) is 0 Å². The molecule has 2 unspecified atom stereocenters. The normalized spacial score (nSPS) is 24.8. The molecule has 1 aliphatic rings. The number of piperidine rings is 1. The van der Waals surface area contributed by atoms with Gasteiger partial charge < -0.3 is 10.5 Å². The van der Waals surface area contributed by atoms with E-state index >= 15 is 0 Å². The minimum atomic E-state index is -3.48. The Morgan fingerprint density at radius 3 is 2.60 bits per heavy atom. The first-order valence-electron chi connectivity index (χ1n) is 6.49. The number of rotatable bonds is 4. The molecule has 1 aromatic rings. The number of methoxy groups -OCH3 is 1. The lowest BCUT2D eigenvalue weighted by Gasteiger charge is -2.37. The predicted octanol–water partition coefficient (Wildman–Crippen LogP) is 1.42. The van der Waals surface area contributed by atoms with E-state index in [0.717, 1.165) is 3.57 Å². The highest BCUT2D eigenvalue weighted by Crippen LogP contribution is 2.26. The molecular weight excluding hydrogens is 391 g/mol. The molecule has 0 aliphatic carbocycles. The van der Waals surface area contributed by atoms with Crippen molar-refractivity contribution in [1.29, 1.82) is 0 Å². The van der Waals surface area contributed by atoms with Crippen molar-refractivity contribution in [2.45, 2.75) is 29.9 Å². The van der Waals surface area contributed by atoms with Crippen molar-refractivity contribution in [3.05, 3.63) is 27.8 Å². The molecule has 1 aliphatic heterocycles. The van der Waals surface area contributed by atoms with Gasteiger partial charge in [-0.15, -0.1) is 0 Å². The third-order valence-electron chi connectivity index (χ3n) is 3.64. The predicted molar refractivity (Wildman–Crippen MR) is 85.9 cm³/mol. The Morgan fingerprint density at radius 1 is 1.40 bits per heavy atom. The number of hydrogen-bond acceptors (Lipinski definition) is 4. The highest BCUT2D eigenvalue weighted by atomic mass is 127. The van der Waals surface area contributed by atoms with Crippen molar-refractivity contribution in [3.63, 3.8) is 0 Å². The zero-order chi connectivity index (χ0) is 14.8. The molecule has 7 heteroatoms. The molecule has 1 saturated heterocycles. The van der Waals surface area contributed by atoms with Gasteiger partial charge in [0.2, 0.25) is 10.0 Å². The van der Waals surface area contributed by atoms with Crippen LogP contribution in [0.25, 0.3) is 0 Å². The molecule has 1 fully saturated rings. The Hall–Kier alpha value is -0.220. The van der Waals surface area contributed by atoms with Crippen molar-refractivity contribution in [2.24, 2.45) is 5.73 Å². The molecule has 2 rings (SSSR count). The maximum Gasteiger partial charge on any atom is 0.243 e. The Balaban J connectivity index is 2.26. The van der Waals surface area contributed by atoms with Crippen molar-refractivity contribution in [2.75, 3.05) is 20.2 Å². The molecule has 112 valence electrons. The summed E-state index contributed by atoms with van der Waals surface area (Å²) < 4.78 is 33.2. The fourth-order valence-corrected chi connectivity index (χ4v) is 4.50. The highest BCUT2D eigenvalue weighted by Gasteiger charge is 2.36. The quantitative estimate of drug-likeness (QED) is 0.763. The molecule has 1 aromatic carbocycles. The van der Waals surface area contributed by atoms with Crippen molar-refractivity contribution in [1.82, 2.24) is 4.31 Å². The van der Waals surface area contributed by atoms with E-state index in [-0.39, 0.29) is 12.1 Å². The lowest BCUT2D eigenvalue weighted by Crippen LogP contribution is -2.51. The monoisotopic (exact) mass is 410 g/mol. The van der Waals surface area contributed by atoms with E-state index in [1.54, 1.807) is 31.4 Å². The molecule has 0 saturated carbocycles. The van der Waals surface area contributed by atoms with Gasteiger partial charge in [0.25, 0.3) is 0 Å². The van der Waals surface area contributed by atoms with E-state index in [9.17, 15) is 8.42 Å². The summed E-state index contributed by atoms with van der Waals surface area (Å²) in [7, 11) is -1.82. The maximum absolute atomic E-state index is 12.7. The Kier molecular flexibility index (Phi) is 5.41. The largest absolute Gasteiger partial charge is 0.381 e. The van der Waals surface area contributed by atoms with Crippen molar-refractivity contribution < 1.29 is 13.2 Å². The summed E-state index contributed by atoms with van der Waals surface area (Å²) in [5.41, 5.74) is 5.75. The van der Waals surface area contributed by atoms with Gasteiger partial charge in [-0.1, -0.05) is 0 Å². The van der Waals surface area contributed by atoms with Gasteiger partial charge >= 0.3 is 0 Å². The number of hydrogen-bond donors (Lipinski definition) is 1. The topological polar surface area (TPSA) is 72.6 Å². The summed E-state index contributed by atoms with van der Waals surface area (Å²) in [5, 5.41) is 0. The van der Waals surface area contributed by atoms with Gasteiger partial charge in [0, 0.05) is 29.8 Å². The van der Waals surface area contributed by atoms with E-state index in [1.165, 1.54) is 4.31 Å². The van der Waals surface area contributed by atoms with E-state index in [2.05, 4.69) is 22.6 Å². The number of ether oxygens (including phenoxy) is 1. The molecule has 0 spiro atoms. The van der Waals surface area contributed by atoms with Crippen LogP contribution in [-0.4, -0.2) is 45.1 Å². The summed E-state index contributed by atoms with van der Waals surface area (Å²) in [6.45, 7) is 0.762. The van der Waals surface area contributed by atoms with Crippen LogP contribution >= 0.6 is 22.6 Å². The summed E-state index contributed by atoms with van der Waals surface area (Å²) in [5.74, 6) is 0. The average Bonchev–Trinajstić information content (AvgIpc) is 2.46.